The molecule has 0 unspecified atom stereocenters. The van der Waals surface area contributed by atoms with E-state index in [1.54, 1.807) is 0 Å². The quantitative estimate of drug-likeness (QED) is 0.235. The van der Waals surface area contributed by atoms with Crippen LogP contribution in [-0.4, -0.2) is 72.4 Å². The van der Waals surface area contributed by atoms with Gasteiger partial charge in [0, 0.05) is 0 Å². The van der Waals surface area contributed by atoms with Crippen LogP contribution in [0.2, 0.25) is 0 Å². The predicted molar refractivity (Wildman–Crippen MR) is 67.5 cm³/mol. The first-order valence-corrected chi connectivity index (χ1v) is 5.59. The van der Waals surface area contributed by atoms with Crippen LogP contribution in [0, 0.1) is 0 Å². The molecular weight excluding hydrogens is 288 g/mol. The molecule has 0 heterocycles. The van der Waals surface area contributed by atoms with E-state index < -0.39 is 30.4 Å². The monoisotopic (exact) mass is 304 g/mol. The maximum Gasteiger partial charge on any atom is 0.335 e. The lowest BCUT2D eigenvalue weighted by Gasteiger charge is -2.21. The van der Waals surface area contributed by atoms with Crippen LogP contribution >= 0.6 is 0 Å². The normalized spacial score (nSPS) is 15.8. The molecule has 0 aliphatic carbocycles. The third-order valence-corrected chi connectivity index (χ3v) is 2.27. The third-order valence-electron chi connectivity index (χ3n) is 2.27. The van der Waals surface area contributed by atoms with E-state index in [1.165, 1.54) is 24.3 Å². The summed E-state index contributed by atoms with van der Waals surface area (Å²) < 4.78 is 0. The molecule has 0 saturated heterocycles. The Morgan fingerprint density at radius 2 is 1.29 bits per heavy atom. The topological polar surface area (TPSA) is 176 Å². The first-order valence-electron chi connectivity index (χ1n) is 5.59. The van der Waals surface area contributed by atoms with Crippen LogP contribution < -0.4 is 0 Å². The highest BCUT2D eigenvalue weighted by atomic mass is 16.4. The summed E-state index contributed by atoms with van der Waals surface area (Å²) in [6.07, 6.45) is -8.39. The van der Waals surface area contributed by atoms with E-state index in [9.17, 15) is 9.59 Å². The molecule has 1 rings (SSSR count). The van der Waals surface area contributed by atoms with Crippen LogP contribution in [-0.2, 0) is 9.59 Å². The van der Waals surface area contributed by atoms with Crippen molar-refractivity contribution in [2.24, 2.45) is 0 Å². The van der Waals surface area contributed by atoms with Gasteiger partial charge in [0.05, 0.1) is 0 Å². The van der Waals surface area contributed by atoms with Gasteiger partial charge < -0.3 is 40.5 Å². The molecule has 0 spiro atoms. The Morgan fingerprint density at radius 3 is 1.57 bits per heavy atom. The van der Waals surface area contributed by atoms with E-state index in [4.69, 9.17) is 35.7 Å². The molecule has 118 valence electrons. The molecule has 1 aromatic carbocycles. The molecule has 4 atom stereocenters. The van der Waals surface area contributed by atoms with Crippen molar-refractivity contribution in [3.63, 3.8) is 0 Å². The number of hydrogen-bond donors (Lipinski definition) is 7. The number of carboxylic acids is 1. The number of carbonyl (C=O) groups is 2. The van der Waals surface area contributed by atoms with Gasteiger partial charge in [0.25, 0.3) is 0 Å². The molecule has 0 bridgehead atoms. The van der Waals surface area contributed by atoms with Gasteiger partial charge in [-0.25, -0.2) is 4.79 Å². The van der Waals surface area contributed by atoms with Gasteiger partial charge >= 0.3 is 5.97 Å². The number of aromatic hydroxyl groups is 2. The van der Waals surface area contributed by atoms with Crippen LogP contribution in [0.5, 0.6) is 11.5 Å². The number of aliphatic hydroxyl groups excluding tert-OH is 4. The molecule has 0 saturated carbocycles. The molecule has 0 aliphatic rings. The number of carboxylic acid groups (broad SMARTS) is 1. The fourth-order valence-electron chi connectivity index (χ4n) is 1.07. The highest BCUT2D eigenvalue weighted by Gasteiger charge is 2.33. The first-order chi connectivity index (χ1) is 9.70. The molecule has 7 N–H and O–H groups in total. The zero-order valence-electron chi connectivity index (χ0n) is 10.6. The second kappa shape index (κ2) is 8.87. The van der Waals surface area contributed by atoms with E-state index in [-0.39, 0.29) is 17.8 Å². The number of aliphatic carboxylic acids is 1. The lowest BCUT2D eigenvalue weighted by atomic mass is 10.0. The number of aldehydes is 1. The third kappa shape index (κ3) is 6.68. The van der Waals surface area contributed by atoms with Gasteiger partial charge in [-0.15, -0.1) is 0 Å². The van der Waals surface area contributed by atoms with Crippen LogP contribution in [0.25, 0.3) is 0 Å². The van der Waals surface area contributed by atoms with E-state index >= 15 is 0 Å². The molecule has 0 amide bonds. The number of carbonyl (C=O) groups excluding carboxylic acids is 1. The van der Waals surface area contributed by atoms with Gasteiger partial charge in [-0.2, -0.15) is 0 Å². The second-order valence-corrected chi connectivity index (χ2v) is 3.91. The average Bonchev–Trinajstić information content (AvgIpc) is 2.47. The fraction of sp³-hybridized carbons (Fsp3) is 0.333. The average molecular weight is 304 g/mol. The Hall–Kier alpha value is -2.20. The highest BCUT2D eigenvalue weighted by molar-refractivity contribution is 5.73. The summed E-state index contributed by atoms with van der Waals surface area (Å²) >= 11 is 0. The number of aliphatic hydroxyl groups is 4. The Labute approximate surface area is 119 Å². The van der Waals surface area contributed by atoms with Gasteiger partial charge in [-0.3, -0.25) is 0 Å². The highest BCUT2D eigenvalue weighted by Crippen LogP contribution is 2.13. The smallest absolute Gasteiger partial charge is 0.335 e. The SMILES string of the molecule is O=C[C@@H](O)[C@@H](O)[C@H](O)[C@H](O)C(=O)O.Oc1ccc(O)cc1. The van der Waals surface area contributed by atoms with E-state index in [0.717, 1.165) is 0 Å². The summed E-state index contributed by atoms with van der Waals surface area (Å²) in [5.74, 6) is -1.42. The lowest BCUT2D eigenvalue weighted by Crippen LogP contribution is -2.48. The van der Waals surface area contributed by atoms with Crippen molar-refractivity contribution in [3.05, 3.63) is 24.3 Å². The van der Waals surface area contributed by atoms with Gasteiger partial charge in [0.15, 0.2) is 12.4 Å². The van der Waals surface area contributed by atoms with Crippen LogP contribution in [0.15, 0.2) is 24.3 Å². The summed E-state index contributed by atoms with van der Waals surface area (Å²) in [6.45, 7) is 0. The summed E-state index contributed by atoms with van der Waals surface area (Å²) in [5.41, 5.74) is 0. The largest absolute Gasteiger partial charge is 0.508 e. The number of phenols is 2. The van der Waals surface area contributed by atoms with Crippen LogP contribution in [0.3, 0.4) is 0 Å². The fourth-order valence-corrected chi connectivity index (χ4v) is 1.07. The lowest BCUT2D eigenvalue weighted by molar-refractivity contribution is -0.163. The van der Waals surface area contributed by atoms with E-state index in [2.05, 4.69) is 0 Å². The van der Waals surface area contributed by atoms with Crippen molar-refractivity contribution in [3.8, 4) is 11.5 Å². The van der Waals surface area contributed by atoms with Gasteiger partial charge in [-0.1, -0.05) is 0 Å². The van der Waals surface area contributed by atoms with Gasteiger partial charge in [-0.05, 0) is 24.3 Å². The minimum absolute atomic E-state index is 0.0809. The molecule has 9 heteroatoms. The van der Waals surface area contributed by atoms with Crippen molar-refractivity contribution in [1.82, 2.24) is 0 Å². The number of rotatable bonds is 5. The minimum Gasteiger partial charge on any atom is -0.508 e. The molecule has 21 heavy (non-hydrogen) atoms. The van der Waals surface area contributed by atoms with Crippen molar-refractivity contribution in [1.29, 1.82) is 0 Å². The molecule has 1 aromatic rings. The number of phenolic OH excluding ortho intramolecular Hbond substituents is 2. The molecule has 0 fully saturated rings. The molecule has 0 radical (unpaired) electrons. The van der Waals surface area contributed by atoms with E-state index in [0.29, 0.717) is 0 Å². The molecule has 0 aromatic heterocycles. The Bertz CT molecular complexity index is 424. The van der Waals surface area contributed by atoms with Crippen molar-refractivity contribution in [2.45, 2.75) is 24.4 Å². The Kier molecular flexibility index (Phi) is 7.94. The maximum absolute atomic E-state index is 10.1. The van der Waals surface area contributed by atoms with Crippen LogP contribution in [0.1, 0.15) is 0 Å². The van der Waals surface area contributed by atoms with Crippen molar-refractivity contribution >= 4 is 12.3 Å². The zero-order valence-corrected chi connectivity index (χ0v) is 10.6. The van der Waals surface area contributed by atoms with Gasteiger partial charge in [0.1, 0.15) is 29.8 Å². The summed E-state index contributed by atoms with van der Waals surface area (Å²) in [6, 6.07) is 5.70. The molecular formula is C12H16O9. The van der Waals surface area contributed by atoms with Crippen LogP contribution in [0.4, 0.5) is 0 Å². The summed E-state index contributed by atoms with van der Waals surface area (Å²) in [4.78, 5) is 20.0. The number of benzene rings is 1. The van der Waals surface area contributed by atoms with Crippen molar-refractivity contribution < 1.29 is 45.3 Å². The Morgan fingerprint density at radius 1 is 0.905 bits per heavy atom. The second-order valence-electron chi connectivity index (χ2n) is 3.91. The minimum atomic E-state index is -2.25. The molecule has 0 aliphatic heterocycles. The van der Waals surface area contributed by atoms with E-state index in [1.807, 2.05) is 0 Å². The number of hydrogen-bond acceptors (Lipinski definition) is 8. The van der Waals surface area contributed by atoms with Gasteiger partial charge in [0.2, 0.25) is 0 Å². The predicted octanol–water partition coefficient (Wildman–Crippen LogP) is -2.19. The standard InChI is InChI=1S/C6H10O7.C6H6O2/c7-1-2(8)3(9)4(10)5(11)6(12)13;7-5-1-2-6(8)4-3-5/h1-5,8-11H,(H,12,13);1-4,7-8H/t2-,3-,4+,5+;/m1./s1. The summed E-state index contributed by atoms with van der Waals surface area (Å²) in [5, 5.41) is 60.5. The first kappa shape index (κ1) is 18.8. The Balaban J connectivity index is 0.000000423. The van der Waals surface area contributed by atoms with Crippen molar-refractivity contribution in [2.75, 3.05) is 0 Å². The zero-order chi connectivity index (χ0) is 16.6. The summed E-state index contributed by atoms with van der Waals surface area (Å²) in [7, 11) is 0. The molecule has 9 nitrogen and oxygen atoms in total. The maximum atomic E-state index is 10.1.